The average Bonchev–Trinajstić information content (AvgIpc) is 3.25. The summed E-state index contributed by atoms with van der Waals surface area (Å²) in [6, 6.07) is 14.8. The number of halogens is 2. The number of hydrogen-bond acceptors (Lipinski definition) is 4. The van der Waals surface area contributed by atoms with E-state index in [1.165, 1.54) is 5.56 Å². The van der Waals surface area contributed by atoms with Gasteiger partial charge in [0.15, 0.2) is 0 Å². The maximum Gasteiger partial charge on any atom is 0.289 e. The zero-order valence-corrected chi connectivity index (χ0v) is 18.0. The lowest BCUT2D eigenvalue weighted by atomic mass is 10.1. The monoisotopic (exact) mass is 442 g/mol. The Hall–Kier alpha value is -2.47. The third-order valence-corrected chi connectivity index (χ3v) is 5.95. The van der Waals surface area contributed by atoms with Gasteiger partial charge in [0, 0.05) is 0 Å². The molecule has 0 aliphatic carbocycles. The Morgan fingerprint density at radius 3 is 2.52 bits per heavy atom. The van der Waals surface area contributed by atoms with Crippen molar-refractivity contribution in [2.75, 3.05) is 0 Å². The van der Waals surface area contributed by atoms with Gasteiger partial charge in [0.1, 0.15) is 17.4 Å². The van der Waals surface area contributed by atoms with Gasteiger partial charge in [-0.2, -0.15) is 0 Å². The Bertz CT molecular complexity index is 1160. The Balaban J connectivity index is 1.68. The summed E-state index contributed by atoms with van der Waals surface area (Å²) in [5.41, 5.74) is 3.75. The summed E-state index contributed by atoms with van der Waals surface area (Å²) in [4.78, 5) is 17.2. The van der Waals surface area contributed by atoms with Gasteiger partial charge in [-0.15, -0.1) is 0 Å². The second kappa shape index (κ2) is 8.11. The van der Waals surface area contributed by atoms with Crippen LogP contribution in [0.2, 0.25) is 10.0 Å². The van der Waals surface area contributed by atoms with Crippen molar-refractivity contribution < 1.29 is 9.21 Å². The maximum absolute atomic E-state index is 11.9. The topological polar surface area (TPSA) is 54.6 Å². The molecule has 2 heterocycles. The number of furan rings is 1. The molecule has 4 nitrogen and oxygen atoms in total. The first-order valence-electron chi connectivity index (χ1n) is 8.82. The van der Waals surface area contributed by atoms with E-state index >= 15 is 0 Å². The van der Waals surface area contributed by atoms with Crippen LogP contribution in [0.4, 0.5) is 10.5 Å². The van der Waals surface area contributed by atoms with Crippen LogP contribution in [-0.4, -0.2) is 11.1 Å². The number of carbonyl (C=O) groups excluding carboxylic acids is 1. The molecule has 1 aliphatic heterocycles. The van der Waals surface area contributed by atoms with Crippen molar-refractivity contribution in [3.05, 3.63) is 80.4 Å². The van der Waals surface area contributed by atoms with Crippen molar-refractivity contribution in [3.63, 3.8) is 0 Å². The van der Waals surface area contributed by atoms with Crippen LogP contribution in [0.15, 0.2) is 62.8 Å². The van der Waals surface area contributed by atoms with Crippen LogP contribution in [0.5, 0.6) is 0 Å². The minimum absolute atomic E-state index is 0.181. The number of carbonyl (C=O) groups is 1. The Morgan fingerprint density at radius 2 is 1.79 bits per heavy atom. The maximum atomic E-state index is 11.9. The minimum Gasteiger partial charge on any atom is -0.457 e. The van der Waals surface area contributed by atoms with E-state index in [4.69, 9.17) is 27.6 Å². The predicted octanol–water partition coefficient (Wildman–Crippen LogP) is 7.40. The number of nitrogens with one attached hydrogen (secondary N) is 1. The van der Waals surface area contributed by atoms with E-state index in [0.717, 1.165) is 23.0 Å². The number of thioether (sulfide) groups is 1. The number of hydrogen-bond donors (Lipinski definition) is 1. The van der Waals surface area contributed by atoms with Crippen LogP contribution in [0.1, 0.15) is 16.9 Å². The van der Waals surface area contributed by atoms with Gasteiger partial charge in [-0.3, -0.25) is 4.79 Å². The standard InChI is InChI=1S/C22H16Cl2N2O2S/c1-12-6-7-14(10-13(12)2)25-21-19(29-22(27)26-21)11-15-8-9-18(28-15)20-16(23)4-3-5-17(20)24/h3-11H,1-2H3,(H,25,26,27). The van der Waals surface area contributed by atoms with E-state index in [0.29, 0.717) is 37.9 Å². The van der Waals surface area contributed by atoms with E-state index in [2.05, 4.69) is 10.3 Å². The molecule has 1 aliphatic rings. The number of benzene rings is 2. The number of amides is 1. The van der Waals surface area contributed by atoms with Gasteiger partial charge in [0.05, 0.1) is 26.2 Å². The molecule has 1 saturated heterocycles. The molecule has 1 fully saturated rings. The molecule has 3 aromatic rings. The lowest BCUT2D eigenvalue weighted by Gasteiger charge is -2.03. The summed E-state index contributed by atoms with van der Waals surface area (Å²) >= 11 is 13.6. The summed E-state index contributed by atoms with van der Waals surface area (Å²) in [6.45, 7) is 4.08. The number of aryl methyl sites for hydroxylation is 2. The highest BCUT2D eigenvalue weighted by atomic mass is 35.5. The van der Waals surface area contributed by atoms with E-state index in [-0.39, 0.29) is 5.24 Å². The molecule has 1 aromatic heterocycles. The first-order chi connectivity index (χ1) is 13.9. The highest BCUT2D eigenvalue weighted by Crippen LogP contribution is 2.36. The van der Waals surface area contributed by atoms with E-state index in [1.54, 1.807) is 36.4 Å². The molecule has 0 spiro atoms. The number of amidine groups is 1. The quantitative estimate of drug-likeness (QED) is 0.459. The highest BCUT2D eigenvalue weighted by molar-refractivity contribution is 8.18. The third-order valence-electron chi connectivity index (χ3n) is 4.50. The zero-order valence-electron chi connectivity index (χ0n) is 15.6. The zero-order chi connectivity index (χ0) is 20.5. The molecule has 1 N–H and O–H groups in total. The van der Waals surface area contributed by atoms with Gasteiger partial charge in [-0.05, 0) is 79.2 Å². The van der Waals surface area contributed by atoms with Crippen molar-refractivity contribution in [3.8, 4) is 11.3 Å². The fourth-order valence-electron chi connectivity index (χ4n) is 2.86. The molecule has 0 unspecified atom stereocenters. The van der Waals surface area contributed by atoms with E-state index in [9.17, 15) is 4.79 Å². The summed E-state index contributed by atoms with van der Waals surface area (Å²) in [6.07, 6.45) is 1.77. The fourth-order valence-corrected chi connectivity index (χ4v) is 4.16. The molecule has 0 radical (unpaired) electrons. The molecule has 7 heteroatoms. The Kier molecular flexibility index (Phi) is 5.54. The molecule has 0 atom stereocenters. The molecule has 0 saturated carbocycles. The van der Waals surface area contributed by atoms with Crippen molar-refractivity contribution >= 4 is 57.8 Å². The largest absolute Gasteiger partial charge is 0.457 e. The summed E-state index contributed by atoms with van der Waals surface area (Å²) in [5.74, 6) is 1.63. The molecule has 0 bridgehead atoms. The molecular weight excluding hydrogens is 427 g/mol. The van der Waals surface area contributed by atoms with Gasteiger partial charge < -0.3 is 9.73 Å². The summed E-state index contributed by atoms with van der Waals surface area (Å²) in [5, 5.41) is 3.62. The molecule has 4 rings (SSSR count). The normalized spacial score (nSPS) is 16.6. The van der Waals surface area contributed by atoms with Gasteiger partial charge in [0.2, 0.25) is 0 Å². The Morgan fingerprint density at radius 1 is 1.03 bits per heavy atom. The van der Waals surface area contributed by atoms with Crippen LogP contribution in [-0.2, 0) is 0 Å². The third kappa shape index (κ3) is 4.27. The van der Waals surface area contributed by atoms with Crippen molar-refractivity contribution in [2.24, 2.45) is 4.99 Å². The van der Waals surface area contributed by atoms with Crippen LogP contribution < -0.4 is 5.32 Å². The lowest BCUT2D eigenvalue weighted by molar-refractivity contribution is 0.265. The highest BCUT2D eigenvalue weighted by Gasteiger charge is 2.24. The molecule has 29 heavy (non-hydrogen) atoms. The smallest absolute Gasteiger partial charge is 0.289 e. The SMILES string of the molecule is Cc1ccc(N=C2NC(=O)SC2=Cc2ccc(-c3c(Cl)cccc3Cl)o2)cc1C. The van der Waals surface area contributed by atoms with Crippen molar-refractivity contribution in [1.29, 1.82) is 0 Å². The molecular formula is C22H16Cl2N2O2S. The molecule has 1 amide bonds. The van der Waals surface area contributed by atoms with E-state index < -0.39 is 0 Å². The lowest BCUT2D eigenvalue weighted by Crippen LogP contribution is -2.18. The van der Waals surface area contributed by atoms with Gasteiger partial charge in [-0.1, -0.05) is 35.3 Å². The number of nitrogens with zero attached hydrogens (tertiary/aromatic N) is 1. The van der Waals surface area contributed by atoms with Crippen LogP contribution >= 0.6 is 35.0 Å². The average molecular weight is 443 g/mol. The molecule has 146 valence electrons. The minimum atomic E-state index is -0.181. The van der Waals surface area contributed by atoms with Crippen molar-refractivity contribution in [1.82, 2.24) is 5.32 Å². The first kappa shape index (κ1) is 19.8. The Labute approximate surface area is 182 Å². The van der Waals surface area contributed by atoms with Crippen LogP contribution in [0.25, 0.3) is 17.4 Å². The van der Waals surface area contributed by atoms with Gasteiger partial charge in [0.25, 0.3) is 5.24 Å². The number of aliphatic imine (C=N–C) groups is 1. The predicted molar refractivity (Wildman–Crippen MR) is 121 cm³/mol. The summed E-state index contributed by atoms with van der Waals surface area (Å²) in [7, 11) is 0. The fraction of sp³-hybridized carbons (Fsp3) is 0.0909. The van der Waals surface area contributed by atoms with Crippen LogP contribution in [0.3, 0.4) is 0 Å². The number of rotatable bonds is 3. The van der Waals surface area contributed by atoms with Crippen LogP contribution in [0, 0.1) is 13.8 Å². The second-order valence-electron chi connectivity index (χ2n) is 6.55. The molecule has 2 aromatic carbocycles. The van der Waals surface area contributed by atoms with Crippen molar-refractivity contribution in [2.45, 2.75) is 13.8 Å². The first-order valence-corrected chi connectivity index (χ1v) is 10.4. The van der Waals surface area contributed by atoms with Gasteiger partial charge in [-0.25, -0.2) is 4.99 Å². The second-order valence-corrected chi connectivity index (χ2v) is 8.38. The van der Waals surface area contributed by atoms with Gasteiger partial charge >= 0.3 is 0 Å². The summed E-state index contributed by atoms with van der Waals surface area (Å²) < 4.78 is 5.91. The van der Waals surface area contributed by atoms with E-state index in [1.807, 2.05) is 32.0 Å².